The second-order valence-corrected chi connectivity index (χ2v) is 11.1. The fourth-order valence-electron chi connectivity index (χ4n) is 4.82. The van der Waals surface area contributed by atoms with Gasteiger partial charge in [0.1, 0.15) is 17.9 Å². The van der Waals surface area contributed by atoms with Crippen molar-refractivity contribution in [1.82, 2.24) is 23.9 Å². The fourth-order valence-corrected chi connectivity index (χ4v) is 6.20. The van der Waals surface area contributed by atoms with Crippen molar-refractivity contribution in [3.63, 3.8) is 0 Å². The standard InChI is InChI=1S/C26H25FN6O3S/c1-17-2-4-19(5-3-17)37(34,35)32-11-8-18(9-12-32)21-14-28-26(33-16-30-31-25(21)33)29-15-22-20-10-13-36-24(20)7-6-23(22)27/h2-8,14,16H,9-13,15H2,1H3,(H,28,29). The lowest BCUT2D eigenvalue weighted by Gasteiger charge is -2.26. The second-order valence-electron chi connectivity index (χ2n) is 9.13. The molecular weight excluding hydrogens is 495 g/mol. The lowest BCUT2D eigenvalue weighted by atomic mass is 10.0. The van der Waals surface area contributed by atoms with Crippen molar-refractivity contribution in [3.8, 4) is 5.75 Å². The Labute approximate surface area is 213 Å². The average molecular weight is 521 g/mol. The number of ether oxygens (including phenoxy) is 1. The van der Waals surface area contributed by atoms with Crippen LogP contribution in [-0.2, 0) is 23.0 Å². The molecule has 6 rings (SSSR count). The fraction of sp³-hybridized carbons (Fsp3) is 0.269. The SMILES string of the molecule is Cc1ccc(S(=O)(=O)N2CC=C(c3cnc(NCc4c(F)ccc5c4CCO5)n4cnnc34)CC2)cc1. The first-order chi connectivity index (χ1) is 17.9. The van der Waals surface area contributed by atoms with E-state index in [0.29, 0.717) is 48.0 Å². The number of aromatic nitrogens is 4. The molecule has 0 spiro atoms. The normalized spacial score (nSPS) is 15.9. The number of hydrogen-bond acceptors (Lipinski definition) is 7. The summed E-state index contributed by atoms with van der Waals surface area (Å²) in [5.41, 5.74) is 4.79. The number of hydrogen-bond donors (Lipinski definition) is 1. The Morgan fingerprint density at radius 2 is 1.97 bits per heavy atom. The Morgan fingerprint density at radius 1 is 1.14 bits per heavy atom. The Balaban J connectivity index is 1.23. The highest BCUT2D eigenvalue weighted by atomic mass is 32.2. The predicted octanol–water partition coefficient (Wildman–Crippen LogP) is 3.60. The molecule has 4 heterocycles. The number of sulfonamides is 1. The molecule has 0 fully saturated rings. The lowest BCUT2D eigenvalue weighted by molar-refractivity contribution is 0.356. The molecule has 4 aromatic rings. The molecule has 0 saturated heterocycles. The van der Waals surface area contributed by atoms with E-state index < -0.39 is 10.0 Å². The number of rotatable bonds is 6. The summed E-state index contributed by atoms with van der Waals surface area (Å²) in [6.45, 7) is 3.32. The van der Waals surface area contributed by atoms with Crippen LogP contribution in [0.4, 0.5) is 10.3 Å². The third-order valence-corrected chi connectivity index (χ3v) is 8.75. The zero-order chi connectivity index (χ0) is 25.6. The van der Waals surface area contributed by atoms with Crippen molar-refractivity contribution in [3.05, 3.63) is 83.1 Å². The van der Waals surface area contributed by atoms with Crippen LogP contribution in [0.2, 0.25) is 0 Å². The molecule has 2 aromatic heterocycles. The molecule has 1 N–H and O–H groups in total. The monoisotopic (exact) mass is 520 g/mol. The van der Waals surface area contributed by atoms with Crippen LogP contribution in [0.15, 0.2) is 59.9 Å². The molecule has 0 saturated carbocycles. The first kappa shape index (κ1) is 23.6. The molecule has 2 aromatic carbocycles. The maximum Gasteiger partial charge on any atom is 0.243 e. The summed E-state index contributed by atoms with van der Waals surface area (Å²) < 4.78 is 49.4. The number of anilines is 1. The minimum absolute atomic E-state index is 0.243. The van der Waals surface area contributed by atoms with Gasteiger partial charge in [0.05, 0.1) is 11.5 Å². The molecule has 0 radical (unpaired) electrons. The van der Waals surface area contributed by atoms with Crippen molar-refractivity contribution in [1.29, 1.82) is 0 Å². The molecule has 2 aliphatic rings. The van der Waals surface area contributed by atoms with E-state index in [-0.39, 0.29) is 18.9 Å². The van der Waals surface area contributed by atoms with Gasteiger partial charge in [0.15, 0.2) is 5.65 Å². The third-order valence-electron chi connectivity index (χ3n) is 6.87. The van der Waals surface area contributed by atoms with Gasteiger partial charge in [-0.25, -0.2) is 17.8 Å². The van der Waals surface area contributed by atoms with E-state index in [1.54, 1.807) is 47.3 Å². The van der Waals surface area contributed by atoms with Crippen molar-refractivity contribution >= 4 is 27.2 Å². The van der Waals surface area contributed by atoms with Gasteiger partial charge in [-0.3, -0.25) is 4.40 Å². The van der Waals surface area contributed by atoms with Gasteiger partial charge in [-0.2, -0.15) is 4.31 Å². The Morgan fingerprint density at radius 3 is 2.76 bits per heavy atom. The number of nitrogens with one attached hydrogen (secondary N) is 1. The minimum Gasteiger partial charge on any atom is -0.493 e. The zero-order valence-corrected chi connectivity index (χ0v) is 21.0. The molecular formula is C26H25FN6O3S. The molecule has 0 unspecified atom stereocenters. The third kappa shape index (κ3) is 4.23. The molecule has 2 aliphatic heterocycles. The van der Waals surface area contributed by atoms with Gasteiger partial charge in [-0.1, -0.05) is 23.8 Å². The summed E-state index contributed by atoms with van der Waals surface area (Å²) in [6.07, 6.45) is 6.35. The van der Waals surface area contributed by atoms with Crippen molar-refractivity contribution < 1.29 is 17.5 Å². The van der Waals surface area contributed by atoms with E-state index in [0.717, 1.165) is 28.0 Å². The quantitative estimate of drug-likeness (QED) is 0.415. The second kappa shape index (κ2) is 9.24. The summed E-state index contributed by atoms with van der Waals surface area (Å²) in [6, 6.07) is 9.97. The maximum atomic E-state index is 14.5. The summed E-state index contributed by atoms with van der Waals surface area (Å²) in [5, 5.41) is 11.5. The number of halogens is 1. The summed E-state index contributed by atoms with van der Waals surface area (Å²) >= 11 is 0. The van der Waals surface area contributed by atoms with E-state index in [1.165, 1.54) is 10.4 Å². The largest absolute Gasteiger partial charge is 0.493 e. The van der Waals surface area contributed by atoms with Crippen molar-refractivity contribution in [2.45, 2.75) is 31.2 Å². The highest BCUT2D eigenvalue weighted by Crippen LogP contribution is 2.31. The average Bonchev–Trinajstić information content (AvgIpc) is 3.59. The number of nitrogens with zero attached hydrogens (tertiary/aromatic N) is 5. The molecule has 9 nitrogen and oxygen atoms in total. The van der Waals surface area contributed by atoms with Gasteiger partial charge in [-0.05, 0) is 43.2 Å². The van der Waals surface area contributed by atoms with Gasteiger partial charge in [0, 0.05) is 48.9 Å². The molecule has 37 heavy (non-hydrogen) atoms. The zero-order valence-electron chi connectivity index (χ0n) is 20.2. The van der Waals surface area contributed by atoms with Crippen LogP contribution in [0.5, 0.6) is 5.75 Å². The Hall–Kier alpha value is -3.83. The summed E-state index contributed by atoms with van der Waals surface area (Å²) in [7, 11) is -3.57. The van der Waals surface area contributed by atoms with E-state index >= 15 is 0 Å². The molecule has 0 bridgehead atoms. The van der Waals surface area contributed by atoms with Gasteiger partial charge < -0.3 is 10.1 Å². The smallest absolute Gasteiger partial charge is 0.243 e. The summed E-state index contributed by atoms with van der Waals surface area (Å²) in [5.74, 6) is 0.921. The number of fused-ring (bicyclic) bond motifs is 2. The number of aryl methyl sites for hydroxylation is 1. The van der Waals surface area contributed by atoms with E-state index in [9.17, 15) is 12.8 Å². The van der Waals surface area contributed by atoms with E-state index in [4.69, 9.17) is 4.74 Å². The van der Waals surface area contributed by atoms with Crippen molar-refractivity contribution in [2.24, 2.45) is 0 Å². The van der Waals surface area contributed by atoms with Crippen LogP contribution in [0.25, 0.3) is 11.2 Å². The molecule has 0 aliphatic carbocycles. The van der Waals surface area contributed by atoms with E-state index in [1.807, 2.05) is 13.0 Å². The van der Waals surface area contributed by atoms with Crippen LogP contribution in [0, 0.1) is 12.7 Å². The van der Waals surface area contributed by atoms with Crippen LogP contribution in [-0.4, -0.2) is 52.0 Å². The topological polar surface area (TPSA) is 102 Å². The molecule has 11 heteroatoms. The predicted molar refractivity (Wildman–Crippen MR) is 136 cm³/mol. The molecule has 0 atom stereocenters. The van der Waals surface area contributed by atoms with Crippen LogP contribution in [0.3, 0.4) is 0 Å². The molecule has 190 valence electrons. The van der Waals surface area contributed by atoms with Crippen LogP contribution in [0.1, 0.15) is 28.7 Å². The Bertz CT molecular complexity index is 1630. The maximum absolute atomic E-state index is 14.5. The van der Waals surface area contributed by atoms with Crippen LogP contribution < -0.4 is 10.1 Å². The van der Waals surface area contributed by atoms with E-state index in [2.05, 4.69) is 20.5 Å². The Kier molecular flexibility index (Phi) is 5.88. The van der Waals surface area contributed by atoms with Gasteiger partial charge in [0.2, 0.25) is 16.0 Å². The minimum atomic E-state index is -3.57. The highest BCUT2D eigenvalue weighted by Gasteiger charge is 2.27. The summed E-state index contributed by atoms with van der Waals surface area (Å²) in [4.78, 5) is 4.85. The van der Waals surface area contributed by atoms with Gasteiger partial charge in [0.25, 0.3) is 0 Å². The van der Waals surface area contributed by atoms with Crippen molar-refractivity contribution in [2.75, 3.05) is 25.0 Å². The highest BCUT2D eigenvalue weighted by molar-refractivity contribution is 7.89. The van der Waals surface area contributed by atoms with Gasteiger partial charge >= 0.3 is 0 Å². The first-order valence-corrected chi connectivity index (χ1v) is 13.5. The first-order valence-electron chi connectivity index (χ1n) is 12.0. The van der Waals surface area contributed by atoms with Gasteiger partial charge in [-0.15, -0.1) is 10.2 Å². The molecule has 0 amide bonds. The lowest BCUT2D eigenvalue weighted by Crippen LogP contribution is -2.34. The number of benzene rings is 2. The van der Waals surface area contributed by atoms with Crippen LogP contribution >= 0.6 is 0 Å².